The summed E-state index contributed by atoms with van der Waals surface area (Å²) >= 11 is 0. The summed E-state index contributed by atoms with van der Waals surface area (Å²) in [4.78, 5) is 21.2. The van der Waals surface area contributed by atoms with Crippen molar-refractivity contribution >= 4 is 24.0 Å². The van der Waals surface area contributed by atoms with Crippen LogP contribution in [0, 0.1) is 15.9 Å². The van der Waals surface area contributed by atoms with Gasteiger partial charge in [0.15, 0.2) is 6.61 Å². The molecule has 0 saturated heterocycles. The molecule has 0 aliphatic heterocycles. The van der Waals surface area contributed by atoms with Crippen LogP contribution in [-0.2, 0) is 4.79 Å². The van der Waals surface area contributed by atoms with Gasteiger partial charge in [-0.25, -0.2) is 0 Å². The Morgan fingerprint density at radius 3 is 2.62 bits per heavy atom. The SMILES string of the molecule is CC(C)(CN)NC(=O)COc1ccc([N+](=O)[O-])c(F)c1.Cl. The van der Waals surface area contributed by atoms with E-state index in [4.69, 9.17) is 10.5 Å². The van der Waals surface area contributed by atoms with Gasteiger partial charge in [-0.15, -0.1) is 12.4 Å². The Morgan fingerprint density at radius 1 is 1.52 bits per heavy atom. The lowest BCUT2D eigenvalue weighted by Crippen LogP contribution is -2.50. The average Bonchev–Trinajstić information content (AvgIpc) is 2.35. The first-order chi connectivity index (χ1) is 9.25. The molecule has 1 aromatic carbocycles. The summed E-state index contributed by atoms with van der Waals surface area (Å²) in [6.07, 6.45) is 0. The molecule has 1 aromatic rings. The summed E-state index contributed by atoms with van der Waals surface area (Å²) in [6.45, 7) is 3.42. The zero-order valence-electron chi connectivity index (χ0n) is 11.6. The van der Waals surface area contributed by atoms with Crippen LogP contribution in [0.5, 0.6) is 5.75 Å². The van der Waals surface area contributed by atoms with Crippen molar-refractivity contribution < 1.29 is 18.8 Å². The Kier molecular flexibility index (Phi) is 7.04. The number of benzene rings is 1. The van der Waals surface area contributed by atoms with Crippen molar-refractivity contribution in [2.75, 3.05) is 13.2 Å². The van der Waals surface area contributed by atoms with Gasteiger partial charge in [0, 0.05) is 24.2 Å². The second kappa shape index (κ2) is 7.75. The Balaban J connectivity index is 0.00000400. The first kappa shape index (κ1) is 19.1. The Morgan fingerprint density at radius 2 is 2.14 bits per heavy atom. The molecule has 1 rings (SSSR count). The quantitative estimate of drug-likeness (QED) is 0.608. The molecule has 0 bridgehead atoms. The molecule has 0 saturated carbocycles. The number of nitrogens with zero attached hydrogens (tertiary/aromatic N) is 1. The molecule has 0 aliphatic rings. The number of halogens is 2. The van der Waals surface area contributed by atoms with Crippen LogP contribution >= 0.6 is 12.4 Å². The number of hydrogen-bond donors (Lipinski definition) is 2. The minimum absolute atomic E-state index is 0. The molecule has 7 nitrogen and oxygen atoms in total. The summed E-state index contributed by atoms with van der Waals surface area (Å²) < 4.78 is 18.4. The van der Waals surface area contributed by atoms with Crippen LogP contribution < -0.4 is 15.8 Å². The van der Waals surface area contributed by atoms with E-state index in [1.165, 1.54) is 6.07 Å². The van der Waals surface area contributed by atoms with Crippen LogP contribution in [0.1, 0.15) is 13.8 Å². The van der Waals surface area contributed by atoms with E-state index in [0.717, 1.165) is 12.1 Å². The molecular formula is C12H17ClFN3O4. The topological polar surface area (TPSA) is 107 Å². The molecule has 0 spiro atoms. The van der Waals surface area contributed by atoms with Gasteiger partial charge in [0.25, 0.3) is 5.91 Å². The third-order valence-electron chi connectivity index (χ3n) is 2.47. The van der Waals surface area contributed by atoms with Gasteiger partial charge in [0.05, 0.1) is 4.92 Å². The number of nitro benzene ring substituents is 1. The molecule has 0 atom stereocenters. The van der Waals surface area contributed by atoms with E-state index < -0.39 is 27.9 Å². The lowest BCUT2D eigenvalue weighted by molar-refractivity contribution is -0.387. The highest BCUT2D eigenvalue weighted by atomic mass is 35.5. The molecule has 0 radical (unpaired) electrons. The van der Waals surface area contributed by atoms with Crippen molar-refractivity contribution in [3.8, 4) is 5.75 Å². The van der Waals surface area contributed by atoms with Crippen LogP contribution in [0.2, 0.25) is 0 Å². The van der Waals surface area contributed by atoms with E-state index in [1.54, 1.807) is 13.8 Å². The van der Waals surface area contributed by atoms with Crippen molar-refractivity contribution in [3.05, 3.63) is 34.1 Å². The van der Waals surface area contributed by atoms with E-state index >= 15 is 0 Å². The van der Waals surface area contributed by atoms with Crippen molar-refractivity contribution in [2.24, 2.45) is 5.73 Å². The number of hydrogen-bond acceptors (Lipinski definition) is 5. The molecule has 118 valence electrons. The van der Waals surface area contributed by atoms with Crippen LogP contribution in [0.15, 0.2) is 18.2 Å². The van der Waals surface area contributed by atoms with Gasteiger partial charge in [-0.05, 0) is 19.9 Å². The summed E-state index contributed by atoms with van der Waals surface area (Å²) in [5.74, 6) is -1.40. The monoisotopic (exact) mass is 321 g/mol. The third-order valence-corrected chi connectivity index (χ3v) is 2.47. The van der Waals surface area contributed by atoms with Crippen LogP contribution in [-0.4, -0.2) is 29.5 Å². The molecule has 0 unspecified atom stereocenters. The summed E-state index contributed by atoms with van der Waals surface area (Å²) in [5, 5.41) is 13.1. The van der Waals surface area contributed by atoms with Crippen LogP contribution in [0.3, 0.4) is 0 Å². The molecular weight excluding hydrogens is 305 g/mol. The maximum atomic E-state index is 13.3. The lowest BCUT2D eigenvalue weighted by Gasteiger charge is -2.24. The van der Waals surface area contributed by atoms with Crippen molar-refractivity contribution in [2.45, 2.75) is 19.4 Å². The van der Waals surface area contributed by atoms with Gasteiger partial charge < -0.3 is 15.8 Å². The summed E-state index contributed by atoms with van der Waals surface area (Å²) in [7, 11) is 0. The van der Waals surface area contributed by atoms with Gasteiger partial charge in [0.1, 0.15) is 5.75 Å². The second-order valence-electron chi connectivity index (χ2n) is 4.80. The number of nitrogens with one attached hydrogen (secondary N) is 1. The average molecular weight is 322 g/mol. The zero-order chi connectivity index (χ0) is 15.3. The number of ether oxygens (including phenoxy) is 1. The molecule has 0 aromatic heterocycles. The predicted octanol–water partition coefficient (Wildman–Crippen LogP) is 1.39. The third kappa shape index (κ3) is 5.92. The first-order valence-corrected chi connectivity index (χ1v) is 5.83. The fourth-order valence-corrected chi connectivity index (χ4v) is 1.34. The Hall–Kier alpha value is -1.93. The number of carbonyl (C=O) groups is 1. The van der Waals surface area contributed by atoms with E-state index in [0.29, 0.717) is 0 Å². The standard InChI is InChI=1S/C12H16FN3O4.ClH/c1-12(2,7-14)15-11(17)6-20-8-3-4-10(16(18)19)9(13)5-8;/h3-5H,6-7,14H2,1-2H3,(H,15,17);1H. The van der Waals surface area contributed by atoms with Gasteiger partial charge in [0.2, 0.25) is 5.82 Å². The van der Waals surface area contributed by atoms with Gasteiger partial charge in [-0.2, -0.15) is 4.39 Å². The number of carbonyl (C=O) groups excluding carboxylic acids is 1. The second-order valence-corrected chi connectivity index (χ2v) is 4.80. The smallest absolute Gasteiger partial charge is 0.305 e. The minimum Gasteiger partial charge on any atom is -0.484 e. The lowest BCUT2D eigenvalue weighted by atomic mass is 10.1. The largest absolute Gasteiger partial charge is 0.484 e. The Labute approximate surface area is 127 Å². The Bertz CT molecular complexity index is 525. The first-order valence-electron chi connectivity index (χ1n) is 5.83. The molecule has 0 aliphatic carbocycles. The highest BCUT2D eigenvalue weighted by molar-refractivity contribution is 5.85. The highest BCUT2D eigenvalue weighted by Crippen LogP contribution is 2.22. The van der Waals surface area contributed by atoms with Gasteiger partial charge in [-0.1, -0.05) is 0 Å². The maximum absolute atomic E-state index is 13.3. The number of nitro groups is 1. The van der Waals surface area contributed by atoms with Crippen LogP contribution in [0.4, 0.5) is 10.1 Å². The summed E-state index contributed by atoms with van der Waals surface area (Å²) in [6, 6.07) is 3.06. The number of nitrogens with two attached hydrogens (primary N) is 1. The predicted molar refractivity (Wildman–Crippen MR) is 77.1 cm³/mol. The van der Waals surface area contributed by atoms with Gasteiger partial charge in [-0.3, -0.25) is 14.9 Å². The molecule has 3 N–H and O–H groups in total. The molecule has 9 heteroatoms. The van der Waals surface area contributed by atoms with Crippen molar-refractivity contribution in [1.82, 2.24) is 5.32 Å². The van der Waals surface area contributed by atoms with E-state index in [9.17, 15) is 19.3 Å². The van der Waals surface area contributed by atoms with Gasteiger partial charge >= 0.3 is 5.69 Å². The number of amides is 1. The van der Waals surface area contributed by atoms with E-state index in [2.05, 4.69) is 5.32 Å². The molecule has 0 heterocycles. The normalized spacial score (nSPS) is 10.5. The zero-order valence-corrected chi connectivity index (χ0v) is 12.4. The van der Waals surface area contributed by atoms with Crippen LogP contribution in [0.25, 0.3) is 0 Å². The molecule has 1 amide bonds. The number of rotatable bonds is 6. The van der Waals surface area contributed by atoms with E-state index in [1.807, 2.05) is 0 Å². The maximum Gasteiger partial charge on any atom is 0.305 e. The minimum atomic E-state index is -1.02. The fourth-order valence-electron chi connectivity index (χ4n) is 1.34. The molecule has 21 heavy (non-hydrogen) atoms. The van der Waals surface area contributed by atoms with E-state index in [-0.39, 0.29) is 31.3 Å². The fraction of sp³-hybridized carbons (Fsp3) is 0.417. The van der Waals surface area contributed by atoms with Crippen molar-refractivity contribution in [3.63, 3.8) is 0 Å². The summed E-state index contributed by atoms with van der Waals surface area (Å²) in [5.41, 5.74) is 4.24. The van der Waals surface area contributed by atoms with Crippen molar-refractivity contribution in [1.29, 1.82) is 0 Å². The molecule has 0 fully saturated rings. The highest BCUT2D eigenvalue weighted by Gasteiger charge is 2.19.